The van der Waals surface area contributed by atoms with Gasteiger partial charge in [0.05, 0.1) is 0 Å². The first-order valence-electron chi connectivity index (χ1n) is 7.33. The number of hydrogen-bond donors (Lipinski definition) is 1. The quantitative estimate of drug-likeness (QED) is 0.821. The van der Waals surface area contributed by atoms with E-state index in [1.165, 1.54) is 18.4 Å². The van der Waals surface area contributed by atoms with Gasteiger partial charge in [0.1, 0.15) is 6.10 Å². The Morgan fingerprint density at radius 3 is 2.32 bits per heavy atom. The minimum absolute atomic E-state index is 0.0931. The molecule has 19 heavy (non-hydrogen) atoms. The zero-order chi connectivity index (χ0) is 13.8. The molecule has 1 aromatic heterocycles. The molecule has 1 N–H and O–H groups in total. The van der Waals surface area contributed by atoms with Gasteiger partial charge in [-0.2, -0.15) is 0 Å². The number of hydrogen-bond acceptors (Lipinski definition) is 4. The van der Waals surface area contributed by atoms with E-state index in [2.05, 4.69) is 26.1 Å². The molecule has 0 radical (unpaired) electrons. The van der Waals surface area contributed by atoms with Crippen LogP contribution in [0.25, 0.3) is 0 Å². The van der Waals surface area contributed by atoms with Gasteiger partial charge < -0.3 is 10.1 Å². The normalized spacial score (nSPS) is 16.6. The Balaban J connectivity index is 2.22. The van der Waals surface area contributed by atoms with Crippen molar-refractivity contribution in [1.29, 1.82) is 0 Å². The van der Waals surface area contributed by atoms with Crippen molar-refractivity contribution in [3.8, 4) is 0 Å². The lowest BCUT2D eigenvalue weighted by atomic mass is 10.1. The van der Waals surface area contributed by atoms with Crippen LogP contribution in [0.2, 0.25) is 0 Å². The highest BCUT2D eigenvalue weighted by molar-refractivity contribution is 5.25. The first kappa shape index (κ1) is 14.4. The molecule has 0 aromatic carbocycles. The molecule has 1 heterocycles. The van der Waals surface area contributed by atoms with Gasteiger partial charge in [0.25, 0.3) is 0 Å². The lowest BCUT2D eigenvalue weighted by molar-refractivity contribution is 0.0397. The number of nitrogens with one attached hydrogen (secondary N) is 1. The molecule has 1 unspecified atom stereocenters. The minimum Gasteiger partial charge on any atom is -0.370 e. The molecule has 1 saturated carbocycles. The van der Waals surface area contributed by atoms with E-state index in [0.717, 1.165) is 36.9 Å². The van der Waals surface area contributed by atoms with Crippen LogP contribution in [0.5, 0.6) is 0 Å². The summed E-state index contributed by atoms with van der Waals surface area (Å²) in [5.74, 6) is 1.50. The van der Waals surface area contributed by atoms with Crippen molar-refractivity contribution in [2.75, 3.05) is 13.2 Å². The third-order valence-corrected chi connectivity index (χ3v) is 3.64. The summed E-state index contributed by atoms with van der Waals surface area (Å²) in [6, 6.07) is 0. The molecule has 0 amide bonds. The van der Waals surface area contributed by atoms with E-state index in [4.69, 9.17) is 14.7 Å². The fourth-order valence-electron chi connectivity index (χ4n) is 2.40. The van der Waals surface area contributed by atoms with Gasteiger partial charge in [-0.25, -0.2) is 9.97 Å². The summed E-state index contributed by atoms with van der Waals surface area (Å²) in [6.07, 6.45) is 2.58. The summed E-state index contributed by atoms with van der Waals surface area (Å²) in [7, 11) is 0. The molecular formula is C15H25N3O. The number of aromatic nitrogens is 2. The summed E-state index contributed by atoms with van der Waals surface area (Å²) in [5, 5.41) is 3.34. The van der Waals surface area contributed by atoms with Crippen molar-refractivity contribution >= 4 is 0 Å². The molecule has 1 aromatic rings. The zero-order valence-corrected chi connectivity index (χ0v) is 12.5. The summed E-state index contributed by atoms with van der Waals surface area (Å²) >= 11 is 0. The highest BCUT2D eigenvalue weighted by atomic mass is 16.5. The molecule has 2 rings (SSSR count). The van der Waals surface area contributed by atoms with Gasteiger partial charge in [0.15, 0.2) is 5.82 Å². The molecule has 4 heteroatoms. The Labute approximate surface area is 116 Å². The van der Waals surface area contributed by atoms with Gasteiger partial charge in [-0.1, -0.05) is 6.92 Å². The van der Waals surface area contributed by atoms with Gasteiger partial charge in [-0.15, -0.1) is 0 Å². The molecule has 1 aliphatic carbocycles. The fourth-order valence-corrected chi connectivity index (χ4v) is 2.40. The maximum Gasteiger partial charge on any atom is 0.157 e. The average Bonchev–Trinajstić information content (AvgIpc) is 3.19. The molecule has 0 saturated heterocycles. The Bertz CT molecular complexity index is 406. The molecule has 4 nitrogen and oxygen atoms in total. The molecule has 106 valence electrons. The summed E-state index contributed by atoms with van der Waals surface area (Å²) in [6.45, 7) is 10.8. The monoisotopic (exact) mass is 263 g/mol. The Hall–Kier alpha value is -1.00. The molecule has 1 aliphatic rings. The number of ether oxygens (including phenoxy) is 1. The molecule has 0 spiro atoms. The topological polar surface area (TPSA) is 47.0 Å². The molecule has 0 bridgehead atoms. The smallest absolute Gasteiger partial charge is 0.157 e. The van der Waals surface area contributed by atoms with Crippen LogP contribution in [0.15, 0.2) is 0 Å². The van der Waals surface area contributed by atoms with Gasteiger partial charge in [-0.3, -0.25) is 0 Å². The predicted octanol–water partition coefficient (Wildman–Crippen LogP) is 2.69. The van der Waals surface area contributed by atoms with Gasteiger partial charge in [0, 0.05) is 30.1 Å². The van der Waals surface area contributed by atoms with E-state index >= 15 is 0 Å². The lowest BCUT2D eigenvalue weighted by Crippen LogP contribution is -2.18. The van der Waals surface area contributed by atoms with Crippen molar-refractivity contribution in [2.45, 2.75) is 53.2 Å². The van der Waals surface area contributed by atoms with Crippen molar-refractivity contribution in [3.05, 3.63) is 22.8 Å². The van der Waals surface area contributed by atoms with Crippen LogP contribution in [-0.4, -0.2) is 23.1 Å². The first-order valence-corrected chi connectivity index (χ1v) is 7.33. The lowest BCUT2D eigenvalue weighted by Gasteiger charge is -2.18. The minimum atomic E-state index is 0.0931. The third-order valence-electron chi connectivity index (χ3n) is 3.64. The second-order valence-electron chi connectivity index (χ2n) is 5.22. The number of aryl methyl sites for hydroxylation is 2. The second kappa shape index (κ2) is 6.44. The average molecular weight is 263 g/mol. The van der Waals surface area contributed by atoms with Gasteiger partial charge in [-0.05, 0) is 46.1 Å². The first-order chi connectivity index (χ1) is 9.17. The van der Waals surface area contributed by atoms with Crippen molar-refractivity contribution < 1.29 is 4.74 Å². The van der Waals surface area contributed by atoms with Gasteiger partial charge in [0.2, 0.25) is 0 Å². The Kier molecular flexibility index (Phi) is 4.88. The van der Waals surface area contributed by atoms with Gasteiger partial charge >= 0.3 is 0 Å². The molecule has 0 aliphatic heterocycles. The van der Waals surface area contributed by atoms with Crippen LogP contribution < -0.4 is 5.32 Å². The predicted molar refractivity (Wildman–Crippen MR) is 76.0 cm³/mol. The highest BCUT2D eigenvalue weighted by Gasteiger charge is 2.35. The SMILES string of the molecule is CCNCc1c(C)nc(C(OCC)C2CC2)nc1C. The van der Waals surface area contributed by atoms with Crippen molar-refractivity contribution in [1.82, 2.24) is 15.3 Å². The molecular weight excluding hydrogens is 238 g/mol. The molecule has 1 fully saturated rings. The second-order valence-corrected chi connectivity index (χ2v) is 5.22. The number of rotatable bonds is 7. The van der Waals surface area contributed by atoms with Crippen LogP contribution in [0, 0.1) is 19.8 Å². The van der Waals surface area contributed by atoms with E-state index < -0.39 is 0 Å². The summed E-state index contributed by atoms with van der Waals surface area (Å²) in [4.78, 5) is 9.38. The standard InChI is InChI=1S/C15H25N3O/c1-5-16-9-13-10(3)17-15(18-11(13)4)14(19-6-2)12-7-8-12/h12,14,16H,5-9H2,1-4H3. The summed E-state index contributed by atoms with van der Waals surface area (Å²) in [5.41, 5.74) is 3.37. The maximum absolute atomic E-state index is 5.84. The fraction of sp³-hybridized carbons (Fsp3) is 0.733. The summed E-state index contributed by atoms with van der Waals surface area (Å²) < 4.78 is 5.84. The van der Waals surface area contributed by atoms with Crippen molar-refractivity contribution in [2.24, 2.45) is 5.92 Å². The van der Waals surface area contributed by atoms with Crippen LogP contribution in [0.4, 0.5) is 0 Å². The van der Waals surface area contributed by atoms with Crippen LogP contribution in [0.3, 0.4) is 0 Å². The van der Waals surface area contributed by atoms with E-state index in [1.54, 1.807) is 0 Å². The highest BCUT2D eigenvalue weighted by Crippen LogP contribution is 2.42. The Morgan fingerprint density at radius 2 is 1.84 bits per heavy atom. The van der Waals surface area contributed by atoms with E-state index in [0.29, 0.717) is 5.92 Å². The van der Waals surface area contributed by atoms with E-state index in [9.17, 15) is 0 Å². The van der Waals surface area contributed by atoms with E-state index in [-0.39, 0.29) is 6.10 Å². The molecule has 1 atom stereocenters. The zero-order valence-electron chi connectivity index (χ0n) is 12.5. The maximum atomic E-state index is 5.84. The number of nitrogens with zero attached hydrogens (tertiary/aromatic N) is 2. The largest absolute Gasteiger partial charge is 0.370 e. The van der Waals surface area contributed by atoms with Crippen LogP contribution in [0.1, 0.15) is 55.6 Å². The van der Waals surface area contributed by atoms with E-state index in [1.807, 2.05) is 6.92 Å². The third kappa shape index (κ3) is 3.51. The Morgan fingerprint density at radius 1 is 1.21 bits per heavy atom. The van der Waals surface area contributed by atoms with Crippen LogP contribution >= 0.6 is 0 Å². The van der Waals surface area contributed by atoms with Crippen LogP contribution in [-0.2, 0) is 11.3 Å². The van der Waals surface area contributed by atoms with Crippen molar-refractivity contribution in [3.63, 3.8) is 0 Å².